The molecule has 0 spiro atoms. The van der Waals surface area contributed by atoms with Gasteiger partial charge < -0.3 is 18.8 Å². The van der Waals surface area contributed by atoms with Crippen LogP contribution in [0.4, 0.5) is 17.1 Å². The number of hydrogen-bond acceptors (Lipinski definition) is 4. The van der Waals surface area contributed by atoms with Gasteiger partial charge in [0.25, 0.3) is 0 Å². The molecule has 1 aromatic heterocycles. The summed E-state index contributed by atoms with van der Waals surface area (Å²) in [5, 5.41) is 2.10. The maximum absolute atomic E-state index is 6.77. The molecular weight excluding hydrogens is 675 g/mol. The minimum absolute atomic E-state index is 0.136. The fourth-order valence-corrected chi connectivity index (χ4v) is 8.56. The third-order valence-corrected chi connectivity index (χ3v) is 11.3. The summed E-state index contributed by atoms with van der Waals surface area (Å²) in [6.45, 7) is 4.56. The number of ether oxygens (including phenoxy) is 2. The summed E-state index contributed by atoms with van der Waals surface area (Å²) in [5.74, 6) is 2.89. The molecule has 0 atom stereocenters. The average Bonchev–Trinajstić information content (AvgIpc) is 3.70. The lowest BCUT2D eigenvalue weighted by Gasteiger charge is -2.26. The molecule has 0 radical (unpaired) electrons. The summed E-state index contributed by atoms with van der Waals surface area (Å²) >= 11 is 0. The van der Waals surface area contributed by atoms with Crippen LogP contribution in [0.25, 0.3) is 55.3 Å². The number of benzene rings is 8. The standard InChI is InChI=1S/C51H35NO3/c1-51(2)43-18-10-9-16-39(43)41-30-48-49(31-44(41)51)55-50-38(17-11-19-46(50)54-48)34-22-27-45-42(28-34)40-26-25-37(29-47(40)53-45)52(35-14-7-4-8-15-35)36-23-20-33(21-24-36)32-12-5-3-6-13-32/h3-31H,1-2H3. The third-order valence-electron chi connectivity index (χ3n) is 11.3. The maximum Gasteiger partial charge on any atom is 0.177 e. The molecule has 0 amide bonds. The van der Waals surface area contributed by atoms with Crippen LogP contribution in [0.1, 0.15) is 25.0 Å². The van der Waals surface area contributed by atoms with E-state index >= 15 is 0 Å². The molecule has 0 saturated carbocycles. The van der Waals surface area contributed by atoms with Crippen molar-refractivity contribution in [2.75, 3.05) is 4.90 Å². The molecule has 55 heavy (non-hydrogen) atoms. The zero-order valence-electron chi connectivity index (χ0n) is 30.4. The molecular formula is C51H35NO3. The Hall–Kier alpha value is -7.04. The van der Waals surface area contributed by atoms with Crippen molar-refractivity contribution in [3.05, 3.63) is 187 Å². The van der Waals surface area contributed by atoms with E-state index < -0.39 is 0 Å². The van der Waals surface area contributed by atoms with Gasteiger partial charge in [-0.1, -0.05) is 117 Å². The van der Waals surface area contributed by atoms with Crippen molar-refractivity contribution >= 4 is 39.0 Å². The average molecular weight is 710 g/mol. The zero-order chi connectivity index (χ0) is 36.7. The Bertz CT molecular complexity index is 2940. The topological polar surface area (TPSA) is 34.8 Å². The van der Waals surface area contributed by atoms with Gasteiger partial charge in [-0.3, -0.25) is 0 Å². The highest BCUT2D eigenvalue weighted by Gasteiger charge is 2.37. The van der Waals surface area contributed by atoms with Crippen molar-refractivity contribution in [3.63, 3.8) is 0 Å². The number of nitrogens with zero attached hydrogens (tertiary/aromatic N) is 1. The van der Waals surface area contributed by atoms with Crippen molar-refractivity contribution in [3.8, 4) is 56.4 Å². The van der Waals surface area contributed by atoms with Crippen LogP contribution in [0, 0.1) is 0 Å². The Morgan fingerprint density at radius 2 is 1.07 bits per heavy atom. The Labute approximate surface area is 319 Å². The van der Waals surface area contributed by atoms with Gasteiger partial charge in [-0.05, 0) is 106 Å². The Morgan fingerprint density at radius 3 is 1.91 bits per heavy atom. The number of hydrogen-bond donors (Lipinski definition) is 0. The molecule has 9 aromatic rings. The summed E-state index contributed by atoms with van der Waals surface area (Å²) in [6.07, 6.45) is 0. The molecule has 262 valence electrons. The molecule has 0 fully saturated rings. The molecule has 11 rings (SSSR count). The maximum atomic E-state index is 6.77. The van der Waals surface area contributed by atoms with Gasteiger partial charge >= 0.3 is 0 Å². The van der Waals surface area contributed by atoms with Crippen molar-refractivity contribution in [1.82, 2.24) is 0 Å². The highest BCUT2D eigenvalue weighted by Crippen LogP contribution is 2.56. The van der Waals surface area contributed by atoms with E-state index in [-0.39, 0.29) is 5.41 Å². The Morgan fingerprint density at radius 1 is 0.400 bits per heavy atom. The highest BCUT2D eigenvalue weighted by atomic mass is 16.6. The first-order valence-electron chi connectivity index (χ1n) is 18.7. The lowest BCUT2D eigenvalue weighted by molar-refractivity contribution is 0.360. The van der Waals surface area contributed by atoms with E-state index in [0.29, 0.717) is 5.75 Å². The van der Waals surface area contributed by atoms with Crippen LogP contribution in [0.2, 0.25) is 0 Å². The smallest absolute Gasteiger partial charge is 0.177 e. The molecule has 0 bridgehead atoms. The van der Waals surface area contributed by atoms with Gasteiger partial charge in [0.2, 0.25) is 0 Å². The van der Waals surface area contributed by atoms with Crippen LogP contribution in [0.15, 0.2) is 180 Å². The Kier molecular flexibility index (Phi) is 6.86. The van der Waals surface area contributed by atoms with E-state index in [2.05, 4.69) is 170 Å². The second-order valence-electron chi connectivity index (χ2n) is 14.9. The molecule has 1 aliphatic heterocycles. The number of para-hydroxylation sites is 2. The van der Waals surface area contributed by atoms with Gasteiger partial charge in [0.15, 0.2) is 23.0 Å². The van der Waals surface area contributed by atoms with Gasteiger partial charge in [0.05, 0.1) is 0 Å². The van der Waals surface area contributed by atoms with E-state index in [9.17, 15) is 0 Å². The van der Waals surface area contributed by atoms with E-state index in [1.807, 2.05) is 24.3 Å². The Balaban J connectivity index is 0.959. The van der Waals surface area contributed by atoms with Gasteiger partial charge in [0, 0.05) is 44.9 Å². The molecule has 0 unspecified atom stereocenters. The third kappa shape index (κ3) is 4.99. The summed E-state index contributed by atoms with van der Waals surface area (Å²) in [5.41, 5.74) is 14.1. The molecule has 8 aromatic carbocycles. The molecule has 2 aliphatic rings. The second-order valence-corrected chi connectivity index (χ2v) is 14.9. The number of rotatable bonds is 5. The number of furan rings is 1. The molecule has 4 nitrogen and oxygen atoms in total. The SMILES string of the molecule is CC1(C)c2ccccc2-c2cc3c(cc21)Oc1c(cccc1-c1ccc2oc4cc(N(c5ccccc5)c5ccc(-c6ccccc6)cc5)ccc4c2c1)O3. The first-order valence-corrected chi connectivity index (χ1v) is 18.7. The van der Waals surface area contributed by atoms with E-state index in [0.717, 1.165) is 67.4 Å². The van der Waals surface area contributed by atoms with Crippen LogP contribution >= 0.6 is 0 Å². The van der Waals surface area contributed by atoms with E-state index in [4.69, 9.17) is 13.9 Å². The van der Waals surface area contributed by atoms with Gasteiger partial charge in [-0.15, -0.1) is 0 Å². The first kappa shape index (κ1) is 31.5. The van der Waals surface area contributed by atoms with Crippen LogP contribution in [-0.2, 0) is 5.41 Å². The lowest BCUT2D eigenvalue weighted by Crippen LogP contribution is -2.15. The molecule has 0 saturated heterocycles. The molecule has 2 heterocycles. The minimum Gasteiger partial charge on any atom is -0.456 e. The minimum atomic E-state index is -0.136. The fourth-order valence-electron chi connectivity index (χ4n) is 8.56. The van der Waals surface area contributed by atoms with Crippen LogP contribution in [-0.4, -0.2) is 0 Å². The largest absolute Gasteiger partial charge is 0.456 e. The number of anilines is 3. The van der Waals surface area contributed by atoms with Gasteiger partial charge in [-0.2, -0.15) is 0 Å². The number of fused-ring (bicyclic) bond motifs is 8. The van der Waals surface area contributed by atoms with Crippen molar-refractivity contribution in [1.29, 1.82) is 0 Å². The van der Waals surface area contributed by atoms with E-state index in [1.165, 1.54) is 33.4 Å². The molecule has 1 aliphatic carbocycles. The second kappa shape index (κ2) is 12.0. The summed E-state index contributed by atoms with van der Waals surface area (Å²) < 4.78 is 19.9. The monoisotopic (exact) mass is 709 g/mol. The van der Waals surface area contributed by atoms with Gasteiger partial charge in [0.1, 0.15) is 11.2 Å². The van der Waals surface area contributed by atoms with Crippen LogP contribution in [0.3, 0.4) is 0 Å². The predicted octanol–water partition coefficient (Wildman–Crippen LogP) is 14.6. The quantitative estimate of drug-likeness (QED) is 0.178. The predicted molar refractivity (Wildman–Crippen MR) is 223 cm³/mol. The summed E-state index contributed by atoms with van der Waals surface area (Å²) in [7, 11) is 0. The van der Waals surface area contributed by atoms with Gasteiger partial charge in [-0.25, -0.2) is 0 Å². The van der Waals surface area contributed by atoms with E-state index in [1.54, 1.807) is 0 Å². The summed E-state index contributed by atoms with van der Waals surface area (Å²) in [4.78, 5) is 2.27. The normalized spacial score (nSPS) is 13.3. The van der Waals surface area contributed by atoms with Crippen molar-refractivity contribution in [2.45, 2.75) is 19.3 Å². The fraction of sp³-hybridized carbons (Fsp3) is 0.0588. The van der Waals surface area contributed by atoms with Crippen molar-refractivity contribution in [2.24, 2.45) is 0 Å². The summed E-state index contributed by atoms with van der Waals surface area (Å²) in [6, 6.07) is 61.6. The molecule has 0 N–H and O–H groups in total. The van der Waals surface area contributed by atoms with Crippen molar-refractivity contribution < 1.29 is 13.9 Å². The zero-order valence-corrected chi connectivity index (χ0v) is 30.4. The highest BCUT2D eigenvalue weighted by molar-refractivity contribution is 6.07. The molecule has 4 heteroatoms. The van der Waals surface area contributed by atoms with Crippen LogP contribution < -0.4 is 14.4 Å². The first-order chi connectivity index (χ1) is 27.0. The lowest BCUT2D eigenvalue weighted by atomic mass is 9.82. The van der Waals surface area contributed by atoms with Crippen LogP contribution in [0.5, 0.6) is 23.0 Å².